The van der Waals surface area contributed by atoms with Gasteiger partial charge in [-0.15, -0.1) is 0 Å². The van der Waals surface area contributed by atoms with E-state index in [0.717, 1.165) is 9.87 Å². The third-order valence-electron chi connectivity index (χ3n) is 4.18. The summed E-state index contributed by atoms with van der Waals surface area (Å²) < 4.78 is 28.4. The Hall–Kier alpha value is -2.06. The van der Waals surface area contributed by atoms with Crippen LogP contribution in [0.4, 0.5) is 11.4 Å². The first-order chi connectivity index (χ1) is 14.2. The van der Waals surface area contributed by atoms with Crippen molar-refractivity contribution in [3.8, 4) is 0 Å². The number of carbonyl (C=O) groups excluding carboxylic acids is 1. The van der Waals surface area contributed by atoms with Crippen molar-refractivity contribution in [2.24, 2.45) is 0 Å². The first-order valence-corrected chi connectivity index (χ1v) is 11.8. The Morgan fingerprint density at radius 1 is 1.03 bits per heavy atom. The highest BCUT2D eigenvalue weighted by Gasteiger charge is 2.27. The standard InChI is InChI=1S/C21H17BrCl2N2O3S/c1-14-3-2-4-17(11-14)26(30(28,29)18-8-5-15(23)6-9-18)13-21(27)25-16-7-10-19(22)20(24)12-16/h2-12H,13H2,1H3,(H,25,27). The minimum absolute atomic E-state index is 0.0351. The van der Waals surface area contributed by atoms with Crippen LogP contribution in [-0.2, 0) is 14.8 Å². The molecular formula is C21H17BrCl2N2O3S. The Kier molecular flexibility index (Phi) is 7.08. The molecule has 156 valence electrons. The van der Waals surface area contributed by atoms with E-state index in [2.05, 4.69) is 21.2 Å². The van der Waals surface area contributed by atoms with Gasteiger partial charge >= 0.3 is 0 Å². The van der Waals surface area contributed by atoms with Gasteiger partial charge in [0.15, 0.2) is 0 Å². The highest BCUT2D eigenvalue weighted by Crippen LogP contribution is 2.27. The van der Waals surface area contributed by atoms with Crippen molar-refractivity contribution < 1.29 is 13.2 Å². The maximum absolute atomic E-state index is 13.3. The molecule has 3 aromatic rings. The number of rotatable bonds is 6. The number of anilines is 2. The number of amides is 1. The smallest absolute Gasteiger partial charge is 0.264 e. The van der Waals surface area contributed by atoms with E-state index in [0.29, 0.717) is 25.9 Å². The highest BCUT2D eigenvalue weighted by molar-refractivity contribution is 9.10. The number of benzene rings is 3. The summed E-state index contributed by atoms with van der Waals surface area (Å²) in [5.74, 6) is -0.507. The quantitative estimate of drug-likeness (QED) is 0.434. The lowest BCUT2D eigenvalue weighted by molar-refractivity contribution is -0.114. The lowest BCUT2D eigenvalue weighted by Crippen LogP contribution is -2.38. The Morgan fingerprint density at radius 3 is 2.37 bits per heavy atom. The summed E-state index contributed by atoms with van der Waals surface area (Å²) in [7, 11) is -4.01. The number of sulfonamides is 1. The molecule has 0 radical (unpaired) electrons. The predicted molar refractivity (Wildman–Crippen MR) is 125 cm³/mol. The minimum atomic E-state index is -4.01. The van der Waals surface area contributed by atoms with Gasteiger partial charge in [0.1, 0.15) is 6.54 Å². The molecule has 5 nitrogen and oxygen atoms in total. The van der Waals surface area contributed by atoms with E-state index in [1.807, 2.05) is 13.0 Å². The molecule has 30 heavy (non-hydrogen) atoms. The van der Waals surface area contributed by atoms with Crippen LogP contribution in [0.5, 0.6) is 0 Å². The summed E-state index contributed by atoms with van der Waals surface area (Å²) >= 11 is 15.2. The van der Waals surface area contributed by atoms with Crippen molar-refractivity contribution in [1.29, 1.82) is 0 Å². The largest absolute Gasteiger partial charge is 0.324 e. The van der Waals surface area contributed by atoms with Crippen LogP contribution in [0.2, 0.25) is 10.0 Å². The second-order valence-corrected chi connectivity index (χ2v) is 10.0. The summed E-state index contributed by atoms with van der Waals surface area (Å²) in [4.78, 5) is 12.8. The van der Waals surface area contributed by atoms with Crippen LogP contribution in [0.1, 0.15) is 5.56 Å². The van der Waals surface area contributed by atoms with Gasteiger partial charge < -0.3 is 5.32 Å². The first-order valence-electron chi connectivity index (χ1n) is 8.77. The molecule has 1 amide bonds. The molecule has 1 N–H and O–H groups in total. The number of hydrogen-bond donors (Lipinski definition) is 1. The lowest BCUT2D eigenvalue weighted by atomic mass is 10.2. The van der Waals surface area contributed by atoms with Gasteiger partial charge in [0.05, 0.1) is 15.6 Å². The molecule has 3 rings (SSSR count). The van der Waals surface area contributed by atoms with Gasteiger partial charge in [0.25, 0.3) is 10.0 Å². The zero-order valence-corrected chi connectivity index (χ0v) is 19.7. The number of nitrogens with one attached hydrogen (secondary N) is 1. The summed E-state index contributed by atoms with van der Waals surface area (Å²) in [6.07, 6.45) is 0. The summed E-state index contributed by atoms with van der Waals surface area (Å²) in [5.41, 5.74) is 1.71. The first kappa shape index (κ1) is 22.6. The zero-order chi connectivity index (χ0) is 21.9. The van der Waals surface area contributed by atoms with Crippen LogP contribution in [0.3, 0.4) is 0 Å². The van der Waals surface area contributed by atoms with Gasteiger partial charge in [0.2, 0.25) is 5.91 Å². The fraction of sp³-hybridized carbons (Fsp3) is 0.0952. The molecule has 0 spiro atoms. The van der Waals surface area contributed by atoms with E-state index >= 15 is 0 Å². The van der Waals surface area contributed by atoms with E-state index in [1.54, 1.807) is 36.4 Å². The second kappa shape index (κ2) is 9.39. The van der Waals surface area contributed by atoms with Crippen molar-refractivity contribution in [2.45, 2.75) is 11.8 Å². The van der Waals surface area contributed by atoms with Gasteiger partial charge in [-0.2, -0.15) is 0 Å². The van der Waals surface area contributed by atoms with Gasteiger partial charge in [-0.1, -0.05) is 35.3 Å². The number of aryl methyl sites for hydroxylation is 1. The number of carbonyl (C=O) groups is 1. The Balaban J connectivity index is 1.94. The molecule has 0 aliphatic heterocycles. The molecule has 0 aromatic heterocycles. The van der Waals surface area contributed by atoms with Crippen LogP contribution >= 0.6 is 39.1 Å². The fourth-order valence-electron chi connectivity index (χ4n) is 2.74. The maximum Gasteiger partial charge on any atom is 0.264 e. The number of hydrogen-bond acceptors (Lipinski definition) is 3. The highest BCUT2D eigenvalue weighted by atomic mass is 79.9. The van der Waals surface area contributed by atoms with Gasteiger partial charge in [-0.25, -0.2) is 8.42 Å². The fourth-order valence-corrected chi connectivity index (χ4v) is 4.70. The van der Waals surface area contributed by atoms with E-state index < -0.39 is 22.5 Å². The molecule has 0 fully saturated rings. The molecule has 0 aliphatic carbocycles. The maximum atomic E-state index is 13.3. The van der Waals surface area contributed by atoms with Gasteiger partial charge in [-0.05, 0) is 83.0 Å². The van der Waals surface area contributed by atoms with Gasteiger partial charge in [0, 0.05) is 15.2 Å². The number of nitrogens with zero attached hydrogens (tertiary/aromatic N) is 1. The molecule has 0 saturated heterocycles. The minimum Gasteiger partial charge on any atom is -0.324 e. The Morgan fingerprint density at radius 2 is 1.73 bits per heavy atom. The molecular weight excluding hydrogens is 511 g/mol. The molecule has 9 heteroatoms. The van der Waals surface area contributed by atoms with Gasteiger partial charge in [-0.3, -0.25) is 9.10 Å². The average Bonchev–Trinajstić information content (AvgIpc) is 2.69. The van der Waals surface area contributed by atoms with E-state index in [4.69, 9.17) is 23.2 Å². The molecule has 0 saturated carbocycles. The van der Waals surface area contributed by atoms with Crippen molar-refractivity contribution >= 4 is 66.4 Å². The van der Waals surface area contributed by atoms with E-state index in [9.17, 15) is 13.2 Å². The van der Waals surface area contributed by atoms with Crippen LogP contribution < -0.4 is 9.62 Å². The third-order valence-corrected chi connectivity index (χ3v) is 7.45. The summed E-state index contributed by atoms with van der Waals surface area (Å²) in [6.45, 7) is 1.43. The molecule has 0 aliphatic rings. The van der Waals surface area contributed by atoms with E-state index in [-0.39, 0.29) is 4.90 Å². The average molecular weight is 528 g/mol. The predicted octanol–water partition coefficient (Wildman–Crippen LogP) is 5.90. The Labute approximate surface area is 193 Å². The topological polar surface area (TPSA) is 66.5 Å². The van der Waals surface area contributed by atoms with Crippen molar-refractivity contribution in [3.63, 3.8) is 0 Å². The normalized spacial score (nSPS) is 11.2. The SMILES string of the molecule is Cc1cccc(N(CC(=O)Nc2ccc(Br)c(Cl)c2)S(=O)(=O)c2ccc(Cl)cc2)c1. The Bertz CT molecular complexity index is 1190. The van der Waals surface area contributed by atoms with Crippen molar-refractivity contribution in [2.75, 3.05) is 16.2 Å². The van der Waals surface area contributed by atoms with Crippen molar-refractivity contribution in [1.82, 2.24) is 0 Å². The molecule has 0 bridgehead atoms. The van der Waals surface area contributed by atoms with Crippen LogP contribution in [0, 0.1) is 6.92 Å². The zero-order valence-electron chi connectivity index (χ0n) is 15.8. The lowest BCUT2D eigenvalue weighted by Gasteiger charge is -2.24. The second-order valence-electron chi connectivity index (χ2n) is 6.48. The third kappa shape index (κ3) is 5.35. The monoisotopic (exact) mass is 526 g/mol. The summed E-state index contributed by atoms with van der Waals surface area (Å²) in [5, 5.41) is 3.53. The molecule has 0 unspecified atom stereocenters. The summed E-state index contributed by atoms with van der Waals surface area (Å²) in [6, 6.07) is 17.7. The van der Waals surface area contributed by atoms with Crippen molar-refractivity contribution in [3.05, 3.63) is 86.8 Å². The van der Waals surface area contributed by atoms with Crippen LogP contribution in [-0.4, -0.2) is 20.9 Å². The molecule has 0 heterocycles. The molecule has 0 atom stereocenters. The van der Waals surface area contributed by atoms with E-state index in [1.165, 1.54) is 24.3 Å². The molecule has 3 aromatic carbocycles. The number of halogens is 3. The van der Waals surface area contributed by atoms with Crippen LogP contribution in [0.25, 0.3) is 0 Å². The van der Waals surface area contributed by atoms with Crippen LogP contribution in [0.15, 0.2) is 76.1 Å².